The first-order valence-corrected chi connectivity index (χ1v) is 17.1. The summed E-state index contributed by atoms with van der Waals surface area (Å²) in [7, 11) is 5.43. The van der Waals surface area contributed by atoms with Crippen molar-refractivity contribution >= 4 is 68.2 Å². The minimum atomic E-state index is -0.630. The maximum atomic E-state index is 13.3. The van der Waals surface area contributed by atoms with Crippen molar-refractivity contribution in [2.24, 2.45) is 0 Å². The summed E-state index contributed by atoms with van der Waals surface area (Å²) in [6.07, 6.45) is 4.61. The van der Waals surface area contributed by atoms with Gasteiger partial charge in [0, 0.05) is 52.1 Å². The first-order chi connectivity index (χ1) is 24.9. The number of aromatic amines is 2. The molecule has 6 rings (SSSR count). The normalized spacial score (nSPS) is 15.0. The number of ether oxygens (including phenoxy) is 4. The van der Waals surface area contributed by atoms with E-state index >= 15 is 0 Å². The molecule has 1 aliphatic carbocycles. The number of methoxy groups -OCH3 is 4. The Bertz CT molecular complexity index is 2300. The third-order valence-corrected chi connectivity index (χ3v) is 10.3. The van der Waals surface area contributed by atoms with Gasteiger partial charge in [-0.25, -0.2) is 14.8 Å². The van der Waals surface area contributed by atoms with Crippen LogP contribution in [-0.2, 0) is 51.0 Å². The molecule has 12 nitrogen and oxygen atoms in total. The van der Waals surface area contributed by atoms with Gasteiger partial charge in [-0.15, -0.1) is 0 Å². The Kier molecular flexibility index (Phi) is 10.0. The van der Waals surface area contributed by atoms with Gasteiger partial charge in [0.05, 0.1) is 57.1 Å². The van der Waals surface area contributed by atoms with Crippen molar-refractivity contribution in [3.63, 3.8) is 0 Å². The average Bonchev–Trinajstić information content (AvgIpc) is 3.90. The summed E-state index contributed by atoms with van der Waals surface area (Å²) >= 11 is 0. The van der Waals surface area contributed by atoms with Gasteiger partial charge in [-0.3, -0.25) is 14.4 Å². The summed E-state index contributed by atoms with van der Waals surface area (Å²) < 4.78 is 20.1. The minimum Gasteiger partial charge on any atom is -0.469 e. The van der Waals surface area contributed by atoms with Crippen LogP contribution >= 0.6 is 0 Å². The van der Waals surface area contributed by atoms with Gasteiger partial charge >= 0.3 is 23.9 Å². The maximum absolute atomic E-state index is 13.3. The molecule has 0 radical (unpaired) electrons. The van der Waals surface area contributed by atoms with E-state index in [4.69, 9.17) is 28.9 Å². The van der Waals surface area contributed by atoms with Crippen LogP contribution in [0.5, 0.6) is 0 Å². The van der Waals surface area contributed by atoms with E-state index in [1.807, 2.05) is 45.9 Å². The number of nitrogens with one attached hydrogen (secondary N) is 2. The number of nitrogens with zero attached hydrogens (tertiary/aromatic N) is 2. The van der Waals surface area contributed by atoms with Crippen molar-refractivity contribution in [3.05, 3.63) is 80.9 Å². The van der Waals surface area contributed by atoms with Crippen molar-refractivity contribution in [1.29, 1.82) is 0 Å². The molecule has 0 spiro atoms. The molecule has 0 saturated carbocycles. The minimum absolute atomic E-state index is 0.165. The molecular formula is C40H42N4O8. The van der Waals surface area contributed by atoms with Crippen molar-refractivity contribution in [2.45, 2.75) is 65.7 Å². The van der Waals surface area contributed by atoms with E-state index in [-0.39, 0.29) is 30.7 Å². The van der Waals surface area contributed by atoms with Crippen molar-refractivity contribution < 1.29 is 38.1 Å². The molecule has 1 unspecified atom stereocenters. The smallest absolute Gasteiger partial charge is 0.330 e. The lowest BCUT2D eigenvalue weighted by atomic mass is 9.96. The number of fused-ring (bicyclic) bond motifs is 8. The Morgan fingerprint density at radius 1 is 0.712 bits per heavy atom. The molecule has 270 valence electrons. The lowest BCUT2D eigenvalue weighted by Crippen LogP contribution is -2.13. The fourth-order valence-electron chi connectivity index (χ4n) is 7.31. The second-order valence-corrected chi connectivity index (χ2v) is 13.1. The third-order valence-electron chi connectivity index (χ3n) is 10.3. The maximum Gasteiger partial charge on any atom is 0.330 e. The van der Waals surface area contributed by atoms with Crippen molar-refractivity contribution in [1.82, 2.24) is 19.9 Å². The SMILES string of the molecule is COC(=O)/C=C/C1=C(C)c2nc1cc1[nH]c(cc3[nH]c(cc4nc5c2C(C(=O)OC)CC5=C4C)c(C)c3CCC(=O)OC)c(CCC(=O)OC)c1C. The quantitative estimate of drug-likeness (QED) is 0.145. The zero-order valence-electron chi connectivity index (χ0n) is 30.7. The van der Waals surface area contributed by atoms with Gasteiger partial charge in [0.1, 0.15) is 0 Å². The standard InChI is InChI=1S/C40H42N4O8/c1-19-23(9-12-34(45)49-5)31-18-32-24(10-13-35(46)50-6)20(2)29(42-32)17-33-25(11-14-36(47)51-7)22(4)38(44-33)37-27(40(48)52-8)15-26-21(3)30(43-39(26)37)16-28(19)41-31/h11,14,16-18,27,41-42H,9-10,12-13,15H2,1-8H3/b14-11+,28-16?,29-17?,30-16?,31-18?,32-18?,33-17?,38-37?. The second-order valence-electron chi connectivity index (χ2n) is 13.1. The van der Waals surface area contributed by atoms with Crippen molar-refractivity contribution in [3.8, 4) is 0 Å². The zero-order chi connectivity index (χ0) is 37.4. The van der Waals surface area contributed by atoms with Gasteiger partial charge in [0.25, 0.3) is 0 Å². The van der Waals surface area contributed by atoms with Crippen LogP contribution in [0.25, 0.3) is 44.4 Å². The summed E-state index contributed by atoms with van der Waals surface area (Å²) in [6.45, 7) is 7.89. The summed E-state index contributed by atoms with van der Waals surface area (Å²) in [6, 6.07) is 5.91. The first-order valence-electron chi connectivity index (χ1n) is 17.1. The van der Waals surface area contributed by atoms with E-state index in [0.717, 1.165) is 66.7 Å². The average molecular weight is 707 g/mol. The summed E-state index contributed by atoms with van der Waals surface area (Å²) in [4.78, 5) is 67.6. The van der Waals surface area contributed by atoms with E-state index in [0.29, 0.717) is 47.5 Å². The molecule has 2 N–H and O–H groups in total. The number of hydrogen-bond acceptors (Lipinski definition) is 10. The topological polar surface area (TPSA) is 163 Å². The molecular weight excluding hydrogens is 664 g/mol. The number of H-pyrrole nitrogens is 2. The highest BCUT2D eigenvalue weighted by Crippen LogP contribution is 2.50. The molecule has 0 saturated heterocycles. The molecule has 1 atom stereocenters. The van der Waals surface area contributed by atoms with Gasteiger partial charge < -0.3 is 28.9 Å². The Morgan fingerprint density at radius 3 is 1.81 bits per heavy atom. The molecule has 0 amide bonds. The van der Waals surface area contributed by atoms with Crippen molar-refractivity contribution in [2.75, 3.05) is 28.4 Å². The predicted molar refractivity (Wildman–Crippen MR) is 197 cm³/mol. The highest BCUT2D eigenvalue weighted by atomic mass is 16.5. The lowest BCUT2D eigenvalue weighted by Gasteiger charge is -2.10. The molecule has 8 bridgehead atoms. The number of aromatic nitrogens is 4. The second kappa shape index (κ2) is 14.5. The molecule has 3 aliphatic rings. The number of hydrogen-bond donors (Lipinski definition) is 2. The Labute approximate surface area is 301 Å². The van der Waals surface area contributed by atoms with Crippen LogP contribution in [-0.4, -0.2) is 72.3 Å². The van der Waals surface area contributed by atoms with Gasteiger partial charge in [-0.1, -0.05) is 0 Å². The van der Waals surface area contributed by atoms with Crippen LogP contribution in [0.4, 0.5) is 0 Å². The Balaban J connectivity index is 1.77. The molecule has 52 heavy (non-hydrogen) atoms. The number of rotatable bonds is 9. The first kappa shape index (κ1) is 36.0. The molecule has 3 aromatic heterocycles. The van der Waals surface area contributed by atoms with Crippen LogP contribution in [0.15, 0.2) is 30.4 Å². The van der Waals surface area contributed by atoms with Crippen LogP contribution in [0, 0.1) is 13.8 Å². The Morgan fingerprint density at radius 2 is 1.27 bits per heavy atom. The van der Waals surface area contributed by atoms with Gasteiger partial charge in [0.15, 0.2) is 0 Å². The van der Waals surface area contributed by atoms with E-state index in [2.05, 4.69) is 9.97 Å². The van der Waals surface area contributed by atoms with Gasteiger partial charge in [-0.05, 0) is 110 Å². The molecule has 0 fully saturated rings. The Hall–Kier alpha value is -5.78. The molecule has 12 heteroatoms. The van der Waals surface area contributed by atoms with E-state index < -0.39 is 11.9 Å². The number of esters is 4. The fraction of sp³-hybridized carbons (Fsp3) is 0.350. The van der Waals surface area contributed by atoms with Gasteiger partial charge in [0.2, 0.25) is 0 Å². The van der Waals surface area contributed by atoms with E-state index in [1.54, 1.807) is 6.08 Å². The lowest BCUT2D eigenvalue weighted by molar-refractivity contribution is -0.142. The monoisotopic (exact) mass is 706 g/mol. The van der Waals surface area contributed by atoms with Crippen LogP contribution in [0.3, 0.4) is 0 Å². The largest absolute Gasteiger partial charge is 0.469 e. The number of carbonyl (C=O) groups is 4. The summed E-state index contributed by atoms with van der Waals surface area (Å²) in [5.41, 5.74) is 13.4. The summed E-state index contributed by atoms with van der Waals surface area (Å²) in [5.74, 6) is -2.19. The van der Waals surface area contributed by atoms with E-state index in [1.165, 1.54) is 34.5 Å². The van der Waals surface area contributed by atoms with E-state index in [9.17, 15) is 19.2 Å². The summed E-state index contributed by atoms with van der Waals surface area (Å²) in [5, 5.41) is 0. The molecule has 2 aliphatic heterocycles. The zero-order valence-corrected chi connectivity index (χ0v) is 30.7. The van der Waals surface area contributed by atoms with Crippen LogP contribution < -0.4 is 0 Å². The van der Waals surface area contributed by atoms with Crippen LogP contribution in [0.1, 0.15) is 89.6 Å². The highest BCUT2D eigenvalue weighted by molar-refractivity contribution is 6.04. The number of carbonyl (C=O) groups excluding carboxylic acids is 4. The highest BCUT2D eigenvalue weighted by Gasteiger charge is 2.40. The third kappa shape index (κ3) is 6.44. The van der Waals surface area contributed by atoms with Gasteiger partial charge in [-0.2, -0.15) is 0 Å². The molecule has 3 aromatic rings. The predicted octanol–water partition coefficient (Wildman–Crippen LogP) is 6.39. The molecule has 0 aromatic carbocycles. The molecule has 5 heterocycles. The van der Waals surface area contributed by atoms with Crippen LogP contribution in [0.2, 0.25) is 0 Å². The fourth-order valence-corrected chi connectivity index (χ4v) is 7.31. The number of aryl methyl sites for hydroxylation is 4. The number of allylic oxidation sites excluding steroid dienone is 5.